The van der Waals surface area contributed by atoms with Gasteiger partial charge in [-0.3, -0.25) is 4.79 Å². The predicted molar refractivity (Wildman–Crippen MR) is 66.1 cm³/mol. The number of aromatic amines is 1. The number of rotatable bonds is 3. The minimum Gasteiger partial charge on any atom is -0.495 e. The second-order valence-electron chi connectivity index (χ2n) is 3.22. The fourth-order valence-corrected chi connectivity index (χ4v) is 1.50. The Kier molecular flexibility index (Phi) is 3.30. The summed E-state index contributed by atoms with van der Waals surface area (Å²) in [5.41, 5.74) is 0.300. The molecule has 5 nitrogen and oxygen atoms in total. The van der Waals surface area contributed by atoms with Crippen LogP contribution in [0.15, 0.2) is 35.4 Å². The van der Waals surface area contributed by atoms with Crippen LogP contribution in [-0.4, -0.2) is 17.1 Å². The SMILES string of the molecule is COc1ccccc1Nc1nc[nH]c(=O)c1Cl. The van der Waals surface area contributed by atoms with Crippen LogP contribution in [0.3, 0.4) is 0 Å². The molecule has 2 N–H and O–H groups in total. The van der Waals surface area contributed by atoms with Gasteiger partial charge < -0.3 is 15.0 Å². The van der Waals surface area contributed by atoms with Gasteiger partial charge in [0, 0.05) is 0 Å². The summed E-state index contributed by atoms with van der Waals surface area (Å²) in [4.78, 5) is 17.6. The molecular formula is C11H10ClN3O2. The van der Waals surface area contributed by atoms with Gasteiger partial charge in [-0.1, -0.05) is 23.7 Å². The summed E-state index contributed by atoms with van der Waals surface area (Å²) < 4.78 is 5.17. The number of H-pyrrole nitrogens is 1. The Hall–Kier alpha value is -2.01. The summed E-state index contributed by atoms with van der Waals surface area (Å²) in [6, 6.07) is 7.28. The first-order valence-electron chi connectivity index (χ1n) is 4.85. The van der Waals surface area contributed by atoms with Gasteiger partial charge in [0.1, 0.15) is 10.8 Å². The van der Waals surface area contributed by atoms with Crippen molar-refractivity contribution in [2.24, 2.45) is 0 Å². The Balaban J connectivity index is 2.38. The summed E-state index contributed by atoms with van der Waals surface area (Å²) in [5.74, 6) is 0.936. The summed E-state index contributed by atoms with van der Waals surface area (Å²) in [6.07, 6.45) is 1.28. The maximum absolute atomic E-state index is 11.3. The van der Waals surface area contributed by atoms with E-state index < -0.39 is 0 Å². The van der Waals surface area contributed by atoms with Gasteiger partial charge in [-0.25, -0.2) is 4.98 Å². The summed E-state index contributed by atoms with van der Waals surface area (Å²) in [7, 11) is 1.56. The highest BCUT2D eigenvalue weighted by molar-refractivity contribution is 6.32. The number of para-hydroxylation sites is 2. The maximum Gasteiger partial charge on any atom is 0.271 e. The number of hydrogen-bond acceptors (Lipinski definition) is 4. The van der Waals surface area contributed by atoms with Crippen LogP contribution >= 0.6 is 11.6 Å². The van der Waals surface area contributed by atoms with Gasteiger partial charge in [0.05, 0.1) is 19.1 Å². The molecule has 0 aliphatic rings. The van der Waals surface area contributed by atoms with Gasteiger partial charge in [-0.15, -0.1) is 0 Å². The van der Waals surface area contributed by atoms with Crippen molar-refractivity contribution in [2.45, 2.75) is 0 Å². The molecule has 0 spiro atoms. The Morgan fingerprint density at radius 1 is 1.41 bits per heavy atom. The van der Waals surface area contributed by atoms with Crippen molar-refractivity contribution < 1.29 is 4.74 Å². The number of methoxy groups -OCH3 is 1. The molecule has 0 saturated heterocycles. The van der Waals surface area contributed by atoms with Gasteiger partial charge in [-0.2, -0.15) is 0 Å². The quantitative estimate of drug-likeness (QED) is 0.877. The fourth-order valence-electron chi connectivity index (χ4n) is 1.35. The lowest BCUT2D eigenvalue weighted by atomic mass is 10.3. The van der Waals surface area contributed by atoms with Crippen molar-refractivity contribution >= 4 is 23.1 Å². The molecule has 2 rings (SSSR count). The number of halogens is 1. The largest absolute Gasteiger partial charge is 0.495 e. The van der Waals surface area contributed by atoms with Gasteiger partial charge >= 0.3 is 0 Å². The number of hydrogen-bond donors (Lipinski definition) is 2. The van der Waals surface area contributed by atoms with Crippen molar-refractivity contribution in [1.29, 1.82) is 0 Å². The number of ether oxygens (including phenoxy) is 1. The number of anilines is 2. The average molecular weight is 252 g/mol. The van der Waals surface area contributed by atoms with Crippen LogP contribution in [0.2, 0.25) is 5.02 Å². The van der Waals surface area contributed by atoms with Crippen molar-refractivity contribution in [3.63, 3.8) is 0 Å². The van der Waals surface area contributed by atoms with Crippen molar-refractivity contribution in [1.82, 2.24) is 9.97 Å². The first-order chi connectivity index (χ1) is 8.22. The van der Waals surface area contributed by atoms with Gasteiger partial charge in [0.15, 0.2) is 5.82 Å². The van der Waals surface area contributed by atoms with Crippen LogP contribution in [0.1, 0.15) is 0 Å². The molecule has 0 amide bonds. The fraction of sp³-hybridized carbons (Fsp3) is 0.0909. The highest BCUT2D eigenvalue weighted by atomic mass is 35.5. The van der Waals surface area contributed by atoms with Crippen LogP contribution in [0.5, 0.6) is 5.75 Å². The van der Waals surface area contributed by atoms with Crippen LogP contribution in [0.4, 0.5) is 11.5 Å². The molecule has 1 aromatic heterocycles. The lowest BCUT2D eigenvalue weighted by Gasteiger charge is -2.10. The first-order valence-corrected chi connectivity index (χ1v) is 5.23. The van der Waals surface area contributed by atoms with E-state index in [0.717, 1.165) is 0 Å². The number of benzene rings is 1. The molecule has 0 atom stereocenters. The Labute approximate surface area is 102 Å². The first kappa shape index (κ1) is 11.5. The van der Waals surface area contributed by atoms with E-state index in [1.807, 2.05) is 12.1 Å². The molecule has 2 aromatic rings. The van der Waals surface area contributed by atoms with E-state index in [2.05, 4.69) is 15.3 Å². The summed E-state index contributed by atoms with van der Waals surface area (Å²) in [6.45, 7) is 0. The lowest BCUT2D eigenvalue weighted by Crippen LogP contribution is -2.09. The smallest absolute Gasteiger partial charge is 0.271 e. The third-order valence-corrected chi connectivity index (χ3v) is 2.51. The summed E-state index contributed by atoms with van der Waals surface area (Å²) >= 11 is 5.83. The predicted octanol–water partition coefficient (Wildman–Crippen LogP) is 2.18. The third-order valence-electron chi connectivity index (χ3n) is 2.16. The molecule has 0 saturated carbocycles. The monoisotopic (exact) mass is 251 g/mol. The normalized spacial score (nSPS) is 10.0. The van der Waals surface area contributed by atoms with E-state index in [1.54, 1.807) is 19.2 Å². The molecular weight excluding hydrogens is 242 g/mol. The molecule has 0 fully saturated rings. The number of nitrogens with zero attached hydrogens (tertiary/aromatic N) is 1. The zero-order valence-electron chi connectivity index (χ0n) is 9.03. The van der Waals surface area contributed by atoms with Crippen LogP contribution < -0.4 is 15.6 Å². The molecule has 0 radical (unpaired) electrons. The Morgan fingerprint density at radius 3 is 2.94 bits per heavy atom. The van der Waals surface area contributed by atoms with E-state index in [9.17, 15) is 4.79 Å². The van der Waals surface area contributed by atoms with E-state index in [-0.39, 0.29) is 10.6 Å². The summed E-state index contributed by atoms with van der Waals surface area (Å²) in [5, 5.41) is 2.96. The van der Waals surface area contributed by atoms with E-state index in [1.165, 1.54) is 6.33 Å². The molecule has 6 heteroatoms. The minimum absolute atomic E-state index is 0.0124. The molecule has 1 heterocycles. The van der Waals surface area contributed by atoms with E-state index >= 15 is 0 Å². The molecule has 17 heavy (non-hydrogen) atoms. The van der Waals surface area contributed by atoms with Crippen LogP contribution in [-0.2, 0) is 0 Å². The molecule has 0 aliphatic heterocycles. The molecule has 0 unspecified atom stereocenters. The van der Waals surface area contributed by atoms with Gasteiger partial charge in [-0.05, 0) is 12.1 Å². The molecule has 0 aliphatic carbocycles. The average Bonchev–Trinajstić information content (AvgIpc) is 2.35. The molecule has 1 aromatic carbocycles. The van der Waals surface area contributed by atoms with Crippen molar-refractivity contribution in [3.8, 4) is 5.75 Å². The lowest BCUT2D eigenvalue weighted by molar-refractivity contribution is 0.417. The standard InChI is InChI=1S/C11H10ClN3O2/c1-17-8-5-3-2-4-7(8)15-10-9(12)11(16)14-6-13-10/h2-6H,1H3,(H2,13,14,15,16). The minimum atomic E-state index is -0.390. The topological polar surface area (TPSA) is 67.0 Å². The Bertz CT molecular complexity index is 583. The number of nitrogens with one attached hydrogen (secondary N) is 2. The van der Waals surface area contributed by atoms with E-state index in [4.69, 9.17) is 16.3 Å². The number of aromatic nitrogens is 2. The van der Waals surface area contributed by atoms with Crippen LogP contribution in [0, 0.1) is 0 Å². The van der Waals surface area contributed by atoms with E-state index in [0.29, 0.717) is 17.3 Å². The van der Waals surface area contributed by atoms with Crippen LogP contribution in [0.25, 0.3) is 0 Å². The van der Waals surface area contributed by atoms with Gasteiger partial charge in [0.25, 0.3) is 5.56 Å². The zero-order chi connectivity index (χ0) is 12.3. The molecule has 0 bridgehead atoms. The van der Waals surface area contributed by atoms with Gasteiger partial charge in [0.2, 0.25) is 0 Å². The third kappa shape index (κ3) is 2.39. The molecule has 88 valence electrons. The second-order valence-corrected chi connectivity index (χ2v) is 3.60. The Morgan fingerprint density at radius 2 is 2.18 bits per heavy atom. The highest BCUT2D eigenvalue weighted by Gasteiger charge is 2.08. The van der Waals surface area contributed by atoms with Crippen molar-refractivity contribution in [2.75, 3.05) is 12.4 Å². The zero-order valence-corrected chi connectivity index (χ0v) is 9.78. The van der Waals surface area contributed by atoms with Crippen molar-refractivity contribution in [3.05, 3.63) is 46.0 Å². The highest BCUT2D eigenvalue weighted by Crippen LogP contribution is 2.27. The maximum atomic E-state index is 11.3. The second kappa shape index (κ2) is 4.88.